The molecule has 0 atom stereocenters. The van der Waals surface area contributed by atoms with Crippen LogP contribution in [0, 0.1) is 6.92 Å². The zero-order valence-corrected chi connectivity index (χ0v) is 14.4. The summed E-state index contributed by atoms with van der Waals surface area (Å²) in [6.45, 7) is 2.07. The first-order chi connectivity index (χ1) is 12.8. The zero-order chi connectivity index (χ0) is 17.8. The summed E-state index contributed by atoms with van der Waals surface area (Å²) in [7, 11) is 0. The second-order valence-corrected chi connectivity index (χ2v) is 6.06. The van der Waals surface area contributed by atoms with E-state index in [1.54, 1.807) is 6.21 Å². The fraction of sp³-hybridized carbons (Fsp3) is 0.0455. The quantitative estimate of drug-likeness (QED) is 0.418. The van der Waals surface area contributed by atoms with E-state index in [0.29, 0.717) is 11.6 Å². The van der Waals surface area contributed by atoms with Crippen molar-refractivity contribution in [3.05, 3.63) is 90.0 Å². The molecule has 3 aromatic carbocycles. The smallest absolute Gasteiger partial charge is 0.162 e. The third-order valence-corrected chi connectivity index (χ3v) is 4.10. The van der Waals surface area contributed by atoms with Gasteiger partial charge in [-0.3, -0.25) is 5.43 Å². The van der Waals surface area contributed by atoms with E-state index >= 15 is 0 Å². The van der Waals surface area contributed by atoms with Crippen LogP contribution in [0.3, 0.4) is 0 Å². The van der Waals surface area contributed by atoms with E-state index in [4.69, 9.17) is 9.97 Å². The Morgan fingerprint density at radius 3 is 2.35 bits per heavy atom. The number of fused-ring (bicyclic) bond motifs is 1. The first-order valence-electron chi connectivity index (χ1n) is 8.47. The molecule has 0 bridgehead atoms. The van der Waals surface area contributed by atoms with Gasteiger partial charge in [0.05, 0.1) is 11.7 Å². The Labute approximate surface area is 152 Å². The summed E-state index contributed by atoms with van der Waals surface area (Å²) in [6, 6.07) is 26.1. The molecule has 0 saturated carbocycles. The standard InChI is InChI=1S/C22H18N4/c1-16-11-13-18(14-12-16)21-24-20-10-6-5-9-19(20)22(25-21)26-23-15-17-7-3-2-4-8-17/h2-15H,1H3,(H,24,25,26)/b23-15+. The van der Waals surface area contributed by atoms with Crippen molar-refractivity contribution >= 4 is 22.9 Å². The lowest BCUT2D eigenvalue weighted by Gasteiger charge is -2.08. The van der Waals surface area contributed by atoms with Crippen molar-refractivity contribution in [1.29, 1.82) is 0 Å². The second kappa shape index (κ2) is 7.15. The molecule has 1 N–H and O–H groups in total. The number of anilines is 1. The van der Waals surface area contributed by atoms with E-state index < -0.39 is 0 Å². The van der Waals surface area contributed by atoms with E-state index in [2.05, 4.69) is 29.6 Å². The van der Waals surface area contributed by atoms with Gasteiger partial charge in [-0.2, -0.15) is 5.10 Å². The van der Waals surface area contributed by atoms with Crippen LogP contribution < -0.4 is 5.43 Å². The maximum Gasteiger partial charge on any atom is 0.162 e. The van der Waals surface area contributed by atoms with E-state index in [1.807, 2.05) is 66.7 Å². The Balaban J connectivity index is 1.72. The van der Waals surface area contributed by atoms with Crippen molar-refractivity contribution in [2.45, 2.75) is 6.92 Å². The minimum absolute atomic E-state index is 0.682. The topological polar surface area (TPSA) is 50.2 Å². The molecule has 4 rings (SSSR count). The van der Waals surface area contributed by atoms with Crippen molar-refractivity contribution in [3.8, 4) is 11.4 Å². The largest absolute Gasteiger partial charge is 0.261 e. The van der Waals surface area contributed by atoms with Crippen LogP contribution in [0.4, 0.5) is 5.82 Å². The number of hydrogen-bond acceptors (Lipinski definition) is 4. The molecule has 0 fully saturated rings. The number of hydrazone groups is 1. The van der Waals surface area contributed by atoms with Gasteiger partial charge >= 0.3 is 0 Å². The van der Waals surface area contributed by atoms with E-state index in [1.165, 1.54) is 5.56 Å². The monoisotopic (exact) mass is 338 g/mol. The van der Waals surface area contributed by atoms with Crippen molar-refractivity contribution in [2.24, 2.45) is 5.10 Å². The van der Waals surface area contributed by atoms with E-state index in [0.717, 1.165) is 22.0 Å². The summed E-state index contributed by atoms with van der Waals surface area (Å²) in [5, 5.41) is 5.28. The Morgan fingerprint density at radius 1 is 0.808 bits per heavy atom. The molecule has 0 aliphatic rings. The maximum atomic E-state index is 4.70. The number of hydrogen-bond donors (Lipinski definition) is 1. The summed E-state index contributed by atoms with van der Waals surface area (Å²) in [4.78, 5) is 9.40. The molecule has 26 heavy (non-hydrogen) atoms. The minimum Gasteiger partial charge on any atom is -0.261 e. The van der Waals surface area contributed by atoms with E-state index in [-0.39, 0.29) is 0 Å². The SMILES string of the molecule is Cc1ccc(-c2nc(N/N=C/c3ccccc3)c3ccccc3n2)cc1. The molecule has 0 amide bonds. The predicted molar refractivity (Wildman–Crippen MR) is 107 cm³/mol. The summed E-state index contributed by atoms with van der Waals surface area (Å²) in [5.74, 6) is 1.37. The Hall–Kier alpha value is -3.53. The van der Waals surface area contributed by atoms with Crippen molar-refractivity contribution in [1.82, 2.24) is 9.97 Å². The van der Waals surface area contributed by atoms with Crippen molar-refractivity contribution in [2.75, 3.05) is 5.43 Å². The maximum absolute atomic E-state index is 4.70. The Kier molecular flexibility index (Phi) is 4.39. The molecular weight excluding hydrogens is 320 g/mol. The molecular formula is C22H18N4. The number of nitrogens with zero attached hydrogens (tertiary/aromatic N) is 3. The van der Waals surface area contributed by atoms with Crippen LogP contribution >= 0.6 is 0 Å². The molecule has 0 spiro atoms. The molecule has 0 saturated heterocycles. The predicted octanol–water partition coefficient (Wildman–Crippen LogP) is 5.05. The van der Waals surface area contributed by atoms with Gasteiger partial charge in [0.1, 0.15) is 0 Å². The van der Waals surface area contributed by atoms with Gasteiger partial charge in [0.2, 0.25) is 0 Å². The molecule has 126 valence electrons. The fourth-order valence-corrected chi connectivity index (χ4v) is 2.70. The molecule has 0 unspecified atom stereocenters. The summed E-state index contributed by atoms with van der Waals surface area (Å²) in [6.07, 6.45) is 1.78. The lowest BCUT2D eigenvalue weighted by atomic mass is 10.1. The third-order valence-electron chi connectivity index (χ3n) is 4.10. The number of aromatic nitrogens is 2. The zero-order valence-electron chi connectivity index (χ0n) is 14.4. The number of rotatable bonds is 4. The van der Waals surface area contributed by atoms with Crippen molar-refractivity contribution in [3.63, 3.8) is 0 Å². The molecule has 1 heterocycles. The molecule has 0 aliphatic carbocycles. The molecule has 4 aromatic rings. The summed E-state index contributed by atoms with van der Waals surface area (Å²) in [5.41, 5.74) is 7.18. The Bertz CT molecular complexity index is 1050. The van der Waals surface area contributed by atoms with Crippen LogP contribution in [-0.2, 0) is 0 Å². The van der Waals surface area contributed by atoms with Crippen LogP contribution in [0.2, 0.25) is 0 Å². The number of aryl methyl sites for hydroxylation is 1. The first kappa shape index (κ1) is 16.0. The highest BCUT2D eigenvalue weighted by Crippen LogP contribution is 2.25. The summed E-state index contributed by atoms with van der Waals surface area (Å²) < 4.78 is 0. The molecule has 4 nitrogen and oxygen atoms in total. The van der Waals surface area contributed by atoms with Crippen LogP contribution in [0.1, 0.15) is 11.1 Å². The van der Waals surface area contributed by atoms with Gasteiger partial charge in [0.25, 0.3) is 0 Å². The summed E-state index contributed by atoms with van der Waals surface area (Å²) >= 11 is 0. The van der Waals surface area contributed by atoms with Gasteiger partial charge in [-0.05, 0) is 24.6 Å². The fourth-order valence-electron chi connectivity index (χ4n) is 2.70. The van der Waals surface area contributed by atoms with Crippen LogP contribution in [0.25, 0.3) is 22.3 Å². The highest BCUT2D eigenvalue weighted by molar-refractivity contribution is 5.91. The van der Waals surface area contributed by atoms with Crippen LogP contribution in [-0.4, -0.2) is 16.2 Å². The van der Waals surface area contributed by atoms with Crippen LogP contribution in [0.15, 0.2) is 84.0 Å². The number of benzene rings is 3. The highest BCUT2D eigenvalue weighted by atomic mass is 15.3. The number of nitrogens with one attached hydrogen (secondary N) is 1. The average Bonchev–Trinajstić information content (AvgIpc) is 2.69. The van der Waals surface area contributed by atoms with Gasteiger partial charge < -0.3 is 0 Å². The molecule has 0 radical (unpaired) electrons. The van der Waals surface area contributed by atoms with Gasteiger partial charge in [0.15, 0.2) is 11.6 Å². The lowest BCUT2D eigenvalue weighted by Crippen LogP contribution is -1.99. The minimum atomic E-state index is 0.682. The number of para-hydroxylation sites is 1. The molecule has 0 aliphatic heterocycles. The first-order valence-corrected chi connectivity index (χ1v) is 8.47. The second-order valence-electron chi connectivity index (χ2n) is 6.06. The lowest BCUT2D eigenvalue weighted by molar-refractivity contribution is 1.19. The van der Waals surface area contributed by atoms with Crippen molar-refractivity contribution < 1.29 is 0 Å². The molecule has 1 aromatic heterocycles. The molecule has 4 heteroatoms. The van der Waals surface area contributed by atoms with E-state index in [9.17, 15) is 0 Å². The average molecular weight is 338 g/mol. The van der Waals surface area contributed by atoms with Gasteiger partial charge in [-0.25, -0.2) is 9.97 Å². The van der Waals surface area contributed by atoms with Gasteiger partial charge in [-0.1, -0.05) is 72.3 Å². The normalized spacial score (nSPS) is 11.1. The highest BCUT2D eigenvalue weighted by Gasteiger charge is 2.08. The van der Waals surface area contributed by atoms with Gasteiger partial charge in [0, 0.05) is 10.9 Å². The van der Waals surface area contributed by atoms with Gasteiger partial charge in [-0.15, -0.1) is 0 Å². The third kappa shape index (κ3) is 3.44. The Morgan fingerprint density at radius 2 is 1.54 bits per heavy atom. The van der Waals surface area contributed by atoms with Crippen LogP contribution in [0.5, 0.6) is 0 Å².